The minimum Gasteiger partial charge on any atom is -0.201 e. The van der Waals surface area contributed by atoms with E-state index in [2.05, 4.69) is 277 Å². The third-order valence-electron chi connectivity index (χ3n) is 12.7. The lowest BCUT2D eigenvalue weighted by Gasteiger charge is -2.08. The Kier molecular flexibility index (Phi) is 16.7. The second kappa shape index (κ2) is 21.9. The molecule has 334 valence electrons. The first kappa shape index (κ1) is 49.5. The van der Waals surface area contributed by atoms with Gasteiger partial charge in [-0.1, -0.05) is 41.5 Å². The third-order valence-corrected chi connectivity index (χ3v) is 12.7. The Morgan fingerprint density at radius 3 is 1.09 bits per heavy atom. The summed E-state index contributed by atoms with van der Waals surface area (Å²) in [6.45, 7) is 28.1. The summed E-state index contributed by atoms with van der Waals surface area (Å²) in [6, 6.07) is 41.5. The van der Waals surface area contributed by atoms with E-state index >= 15 is 0 Å². The van der Waals surface area contributed by atoms with Gasteiger partial charge >= 0.3 is 0 Å². The molecule has 4 aromatic carbocycles. The van der Waals surface area contributed by atoms with E-state index in [4.69, 9.17) is 0 Å². The van der Waals surface area contributed by atoms with E-state index < -0.39 is 0 Å². The molecule has 4 heteroatoms. The van der Waals surface area contributed by atoms with Crippen LogP contribution in [0, 0.1) is 90.0 Å². The lowest BCUT2D eigenvalue weighted by Crippen LogP contribution is -2.31. The molecular formula is C61H74N4+4. The standard InChI is InChI=1S/C16H20N.3C15H18N/c1-11-6-7-16(17(5)10-11)15-9-13(3)12(2)8-14(15)4;1-11-5-7-13(3)14(9-11)15-8-6-12(2)10-16(15)4;1-11-9-13(3)14(10-12(11)2)15-7-5-6-8-16(15)4;1-11-9-12(2)13(3)14(10-11)15-7-5-6-8-16(15)4/h6-10H,1-5H3;3*5-10H,1-4H3/q4*+1. The molecule has 0 amide bonds. The highest BCUT2D eigenvalue weighted by Crippen LogP contribution is 2.27. The van der Waals surface area contributed by atoms with Gasteiger partial charge < -0.3 is 0 Å². The Balaban J connectivity index is 0.000000163. The number of rotatable bonds is 4. The summed E-state index contributed by atoms with van der Waals surface area (Å²) in [6.07, 6.45) is 8.51. The van der Waals surface area contributed by atoms with Crippen molar-refractivity contribution in [1.29, 1.82) is 0 Å². The Hall–Kier alpha value is -6.52. The Morgan fingerprint density at radius 1 is 0.262 bits per heavy atom. The van der Waals surface area contributed by atoms with Crippen molar-refractivity contribution in [3.05, 3.63) is 212 Å². The average Bonchev–Trinajstić information content (AvgIpc) is 3.24. The Morgan fingerprint density at radius 2 is 0.646 bits per heavy atom. The summed E-state index contributed by atoms with van der Waals surface area (Å²) in [7, 11) is 8.39. The van der Waals surface area contributed by atoms with E-state index in [1.165, 1.54) is 117 Å². The molecule has 0 fully saturated rings. The van der Waals surface area contributed by atoms with Gasteiger partial charge in [-0.05, 0) is 189 Å². The SMILES string of the molecule is Cc1cc(C)c(-c2cccc[n+]2C)cc1C.Cc1cc(C)c(C)c(-c2cccc[n+]2C)c1.Cc1ccc(-c2cc(C)c(C)cc2C)[n+](C)c1.Cc1ccc(C)c(-c2ccc(C)c[n+]2C)c1. The second-order valence-corrected chi connectivity index (χ2v) is 18.4. The molecule has 0 N–H and O–H groups in total. The lowest BCUT2D eigenvalue weighted by molar-refractivity contribution is -0.660. The minimum absolute atomic E-state index is 1.27. The molecule has 8 rings (SSSR count). The number of aryl methyl sites for hydroxylation is 16. The third kappa shape index (κ3) is 12.6. The topological polar surface area (TPSA) is 15.5 Å². The summed E-state index contributed by atoms with van der Waals surface area (Å²) in [5.74, 6) is 0. The van der Waals surface area contributed by atoms with E-state index in [9.17, 15) is 0 Å². The fourth-order valence-corrected chi connectivity index (χ4v) is 8.45. The van der Waals surface area contributed by atoms with Crippen molar-refractivity contribution in [2.75, 3.05) is 0 Å². The van der Waals surface area contributed by atoms with Gasteiger partial charge in [-0.2, -0.15) is 0 Å². The predicted molar refractivity (Wildman–Crippen MR) is 274 cm³/mol. The van der Waals surface area contributed by atoms with Crippen LogP contribution in [0.15, 0.2) is 140 Å². The molecule has 0 saturated heterocycles. The highest BCUT2D eigenvalue weighted by molar-refractivity contribution is 5.66. The Labute approximate surface area is 392 Å². The van der Waals surface area contributed by atoms with Crippen LogP contribution in [0.4, 0.5) is 0 Å². The number of benzene rings is 4. The zero-order valence-corrected chi connectivity index (χ0v) is 42.6. The maximum absolute atomic E-state index is 2.29. The molecule has 4 heterocycles. The maximum Gasteiger partial charge on any atom is 0.212 e. The van der Waals surface area contributed by atoms with Crippen molar-refractivity contribution in [3.63, 3.8) is 0 Å². The van der Waals surface area contributed by atoms with Crippen LogP contribution in [-0.4, -0.2) is 0 Å². The van der Waals surface area contributed by atoms with Crippen LogP contribution in [0.25, 0.3) is 45.0 Å². The lowest BCUT2D eigenvalue weighted by atomic mass is 9.97. The summed E-state index contributed by atoms with van der Waals surface area (Å²) in [5, 5.41) is 0. The first-order valence-electron chi connectivity index (χ1n) is 22.9. The molecule has 0 aliphatic rings. The fourth-order valence-electron chi connectivity index (χ4n) is 8.45. The number of nitrogens with zero attached hydrogens (tertiary/aromatic N) is 4. The summed E-state index contributed by atoms with van der Waals surface area (Å²) in [5.41, 5.74) is 27.8. The van der Waals surface area contributed by atoms with E-state index in [1.807, 2.05) is 0 Å². The van der Waals surface area contributed by atoms with Crippen LogP contribution in [0.2, 0.25) is 0 Å². The minimum atomic E-state index is 1.27. The van der Waals surface area contributed by atoms with E-state index in [1.54, 1.807) is 0 Å². The highest BCUT2D eigenvalue weighted by Gasteiger charge is 2.16. The van der Waals surface area contributed by atoms with E-state index in [-0.39, 0.29) is 0 Å². The molecular weight excluding hydrogens is 789 g/mol. The quantitative estimate of drug-likeness (QED) is 0.157. The van der Waals surface area contributed by atoms with Crippen LogP contribution in [0.5, 0.6) is 0 Å². The van der Waals surface area contributed by atoms with Gasteiger partial charge in [0.15, 0.2) is 24.8 Å². The molecule has 8 aromatic rings. The smallest absolute Gasteiger partial charge is 0.201 e. The van der Waals surface area contributed by atoms with Crippen LogP contribution < -0.4 is 18.3 Å². The largest absolute Gasteiger partial charge is 0.212 e. The van der Waals surface area contributed by atoms with Crippen molar-refractivity contribution < 1.29 is 18.3 Å². The van der Waals surface area contributed by atoms with Crippen molar-refractivity contribution >= 4 is 0 Å². The van der Waals surface area contributed by atoms with Crippen molar-refractivity contribution in [1.82, 2.24) is 0 Å². The summed E-state index contributed by atoms with van der Waals surface area (Å²) < 4.78 is 8.72. The van der Waals surface area contributed by atoms with Gasteiger partial charge in [0, 0.05) is 69.8 Å². The molecule has 0 unspecified atom stereocenters. The molecule has 0 aliphatic carbocycles. The van der Waals surface area contributed by atoms with Crippen molar-refractivity contribution in [2.24, 2.45) is 28.2 Å². The van der Waals surface area contributed by atoms with Gasteiger partial charge in [-0.15, -0.1) is 0 Å². The number of hydrogen-bond donors (Lipinski definition) is 0. The number of pyridine rings is 4. The molecule has 65 heavy (non-hydrogen) atoms. The molecule has 4 aromatic heterocycles. The molecule has 0 aliphatic heterocycles. The van der Waals surface area contributed by atoms with Crippen LogP contribution in [-0.2, 0) is 28.2 Å². The zero-order valence-electron chi connectivity index (χ0n) is 42.6. The first-order valence-corrected chi connectivity index (χ1v) is 22.9. The second-order valence-electron chi connectivity index (χ2n) is 18.4. The molecule has 0 spiro atoms. The van der Waals surface area contributed by atoms with Crippen molar-refractivity contribution in [3.8, 4) is 45.0 Å². The average molecular weight is 863 g/mol. The molecule has 0 radical (unpaired) electrons. The van der Waals surface area contributed by atoms with Gasteiger partial charge in [0.25, 0.3) is 0 Å². The zero-order chi connectivity index (χ0) is 47.7. The van der Waals surface area contributed by atoms with Crippen molar-refractivity contribution in [2.45, 2.75) is 90.0 Å². The fraction of sp³-hybridized carbons (Fsp3) is 0.279. The van der Waals surface area contributed by atoms with Crippen LogP contribution >= 0.6 is 0 Å². The van der Waals surface area contributed by atoms with Gasteiger partial charge in [0.2, 0.25) is 22.8 Å². The normalized spacial score (nSPS) is 10.5. The molecule has 0 atom stereocenters. The van der Waals surface area contributed by atoms with Crippen LogP contribution in [0.1, 0.15) is 72.3 Å². The molecule has 4 nitrogen and oxygen atoms in total. The monoisotopic (exact) mass is 863 g/mol. The number of aromatic nitrogens is 4. The predicted octanol–water partition coefficient (Wildman–Crippen LogP) is 12.7. The Bertz CT molecular complexity index is 2950. The number of hydrogen-bond acceptors (Lipinski definition) is 0. The maximum atomic E-state index is 2.29. The first-order chi connectivity index (χ1) is 30.7. The summed E-state index contributed by atoms with van der Waals surface area (Å²) >= 11 is 0. The van der Waals surface area contributed by atoms with E-state index in [0.29, 0.717) is 0 Å². The van der Waals surface area contributed by atoms with Gasteiger partial charge in [0.05, 0.1) is 0 Å². The summed E-state index contributed by atoms with van der Waals surface area (Å²) in [4.78, 5) is 0. The van der Waals surface area contributed by atoms with Gasteiger partial charge in [-0.25, -0.2) is 18.3 Å². The molecule has 0 saturated carbocycles. The highest BCUT2D eigenvalue weighted by atomic mass is 14.9. The van der Waals surface area contributed by atoms with Gasteiger partial charge in [0.1, 0.15) is 28.2 Å². The molecule has 0 bridgehead atoms. The van der Waals surface area contributed by atoms with Crippen LogP contribution in [0.3, 0.4) is 0 Å². The van der Waals surface area contributed by atoms with Gasteiger partial charge in [-0.3, -0.25) is 0 Å². The van der Waals surface area contributed by atoms with E-state index in [0.717, 1.165) is 0 Å².